The van der Waals surface area contributed by atoms with E-state index < -0.39 is 0 Å². The van der Waals surface area contributed by atoms with E-state index in [2.05, 4.69) is 28.9 Å². The highest BCUT2D eigenvalue weighted by molar-refractivity contribution is 7.09. The molecule has 0 spiro atoms. The molecule has 3 rings (SSSR count). The fourth-order valence-electron chi connectivity index (χ4n) is 2.29. The third-order valence-electron chi connectivity index (χ3n) is 3.52. The Morgan fingerprint density at radius 1 is 1.04 bits per heavy atom. The third kappa shape index (κ3) is 4.81. The van der Waals surface area contributed by atoms with Gasteiger partial charge in [-0.2, -0.15) is 0 Å². The van der Waals surface area contributed by atoms with Crippen LogP contribution >= 0.6 is 22.9 Å². The van der Waals surface area contributed by atoms with Gasteiger partial charge in [0.15, 0.2) is 0 Å². The minimum atomic E-state index is -0.345. The summed E-state index contributed by atoms with van der Waals surface area (Å²) in [5, 5.41) is 5.87. The molecule has 0 fully saturated rings. The summed E-state index contributed by atoms with van der Waals surface area (Å²) in [7, 11) is 0. The van der Waals surface area contributed by atoms with Crippen LogP contribution in [0.3, 0.4) is 0 Å². The molecule has 2 nitrogen and oxygen atoms in total. The molecule has 0 atom stereocenters. The van der Waals surface area contributed by atoms with Crippen molar-refractivity contribution >= 4 is 22.9 Å². The van der Waals surface area contributed by atoms with Gasteiger partial charge in [-0.15, -0.1) is 11.3 Å². The van der Waals surface area contributed by atoms with Crippen LogP contribution in [0.4, 0.5) is 4.39 Å². The molecule has 0 aliphatic heterocycles. The first kappa shape index (κ1) is 17.0. The van der Waals surface area contributed by atoms with E-state index in [1.807, 2.05) is 18.2 Å². The molecule has 1 aromatic heterocycles. The lowest BCUT2D eigenvalue weighted by atomic mass is 10.2. The van der Waals surface area contributed by atoms with E-state index in [9.17, 15) is 4.39 Å². The minimum Gasteiger partial charge on any atom is -0.489 e. The second-order valence-corrected chi connectivity index (χ2v) is 6.79. The number of hydrogen-bond donors (Lipinski definition) is 1. The van der Waals surface area contributed by atoms with Gasteiger partial charge >= 0.3 is 0 Å². The number of benzene rings is 2. The number of halogens is 2. The molecule has 5 heteroatoms. The summed E-state index contributed by atoms with van der Waals surface area (Å²) >= 11 is 7.76. The summed E-state index contributed by atoms with van der Waals surface area (Å²) in [4.78, 5) is 1.31. The monoisotopic (exact) mass is 361 g/mol. The summed E-state index contributed by atoms with van der Waals surface area (Å²) in [6.45, 7) is 1.94. The van der Waals surface area contributed by atoms with Crippen molar-refractivity contribution in [1.82, 2.24) is 5.32 Å². The average Bonchev–Trinajstić information content (AvgIpc) is 3.08. The van der Waals surface area contributed by atoms with Gasteiger partial charge in [-0.25, -0.2) is 4.39 Å². The molecule has 24 heavy (non-hydrogen) atoms. The summed E-state index contributed by atoms with van der Waals surface area (Å²) in [5.41, 5.74) is 1.91. The zero-order valence-electron chi connectivity index (χ0n) is 13.0. The van der Waals surface area contributed by atoms with E-state index in [0.29, 0.717) is 11.6 Å². The molecule has 1 heterocycles. The second-order valence-electron chi connectivity index (χ2n) is 5.35. The van der Waals surface area contributed by atoms with Crippen molar-refractivity contribution in [3.63, 3.8) is 0 Å². The highest BCUT2D eigenvalue weighted by atomic mass is 35.5. The zero-order chi connectivity index (χ0) is 16.8. The Kier molecular flexibility index (Phi) is 5.86. The van der Waals surface area contributed by atoms with Crippen LogP contribution in [0.1, 0.15) is 16.0 Å². The molecule has 0 amide bonds. The lowest BCUT2D eigenvalue weighted by Gasteiger charge is -2.10. The van der Waals surface area contributed by atoms with Crippen LogP contribution in [0.25, 0.3) is 0 Å². The van der Waals surface area contributed by atoms with Crippen LogP contribution < -0.4 is 10.1 Å². The molecular weight excluding hydrogens is 345 g/mol. The number of hydrogen-bond acceptors (Lipinski definition) is 3. The fourth-order valence-corrected chi connectivity index (χ4v) is 3.18. The fraction of sp³-hybridized carbons (Fsp3) is 0.158. The zero-order valence-corrected chi connectivity index (χ0v) is 14.5. The van der Waals surface area contributed by atoms with Crippen molar-refractivity contribution in [3.05, 3.63) is 86.8 Å². The molecule has 124 valence electrons. The molecule has 2 aromatic carbocycles. The van der Waals surface area contributed by atoms with Crippen LogP contribution in [0.5, 0.6) is 5.75 Å². The van der Waals surface area contributed by atoms with Crippen molar-refractivity contribution in [2.45, 2.75) is 19.7 Å². The van der Waals surface area contributed by atoms with Crippen molar-refractivity contribution < 1.29 is 9.13 Å². The quantitative estimate of drug-likeness (QED) is 0.607. The highest BCUT2D eigenvalue weighted by Gasteiger charge is 2.04. The average molecular weight is 362 g/mol. The SMILES string of the molecule is Fc1ccc(COc2cccc(CNCc3cccs3)c2)c(Cl)c1. The van der Waals surface area contributed by atoms with E-state index in [1.165, 1.54) is 17.0 Å². The molecular formula is C19H17ClFNOS. The van der Waals surface area contributed by atoms with Gasteiger partial charge in [0.05, 0.1) is 5.02 Å². The summed E-state index contributed by atoms with van der Waals surface area (Å²) < 4.78 is 18.8. The Morgan fingerprint density at radius 2 is 1.96 bits per heavy atom. The Morgan fingerprint density at radius 3 is 2.75 bits per heavy atom. The Balaban J connectivity index is 1.54. The molecule has 0 bridgehead atoms. The van der Waals surface area contributed by atoms with Gasteiger partial charge in [-0.1, -0.05) is 35.9 Å². The molecule has 0 saturated heterocycles. The first-order chi connectivity index (χ1) is 11.7. The number of thiophene rings is 1. The van der Waals surface area contributed by atoms with Gasteiger partial charge < -0.3 is 10.1 Å². The van der Waals surface area contributed by atoms with Crippen LogP contribution in [-0.4, -0.2) is 0 Å². The van der Waals surface area contributed by atoms with Gasteiger partial charge in [0.1, 0.15) is 18.2 Å². The van der Waals surface area contributed by atoms with Crippen LogP contribution in [0.2, 0.25) is 5.02 Å². The Labute approximate surface area is 149 Å². The van der Waals surface area contributed by atoms with Gasteiger partial charge in [0.2, 0.25) is 0 Å². The molecule has 0 radical (unpaired) electrons. The summed E-state index contributed by atoms with van der Waals surface area (Å²) in [6, 6.07) is 16.4. The predicted molar refractivity (Wildman–Crippen MR) is 97.0 cm³/mol. The minimum absolute atomic E-state index is 0.311. The van der Waals surface area contributed by atoms with E-state index in [-0.39, 0.29) is 5.82 Å². The molecule has 1 N–H and O–H groups in total. The van der Waals surface area contributed by atoms with Crippen LogP contribution in [0.15, 0.2) is 60.0 Å². The van der Waals surface area contributed by atoms with E-state index in [0.717, 1.165) is 30.0 Å². The molecule has 0 aliphatic rings. The summed E-state index contributed by atoms with van der Waals surface area (Å²) in [6.07, 6.45) is 0. The lowest BCUT2D eigenvalue weighted by molar-refractivity contribution is 0.306. The smallest absolute Gasteiger partial charge is 0.124 e. The third-order valence-corrected chi connectivity index (χ3v) is 4.74. The molecule has 0 aliphatic carbocycles. The van der Waals surface area contributed by atoms with Gasteiger partial charge in [0.25, 0.3) is 0 Å². The van der Waals surface area contributed by atoms with E-state index in [4.69, 9.17) is 16.3 Å². The molecule has 0 unspecified atom stereocenters. The maximum atomic E-state index is 13.1. The van der Waals surface area contributed by atoms with Gasteiger partial charge in [-0.05, 0) is 41.3 Å². The van der Waals surface area contributed by atoms with Crippen molar-refractivity contribution in [1.29, 1.82) is 0 Å². The maximum absolute atomic E-state index is 13.1. The standard InChI is InChI=1S/C19H17ClFNOS/c20-19-10-16(21)7-6-15(19)13-23-17-4-1-3-14(9-17)11-22-12-18-5-2-8-24-18/h1-10,22H,11-13H2. The lowest BCUT2D eigenvalue weighted by Crippen LogP contribution is -2.11. The Hall–Kier alpha value is -1.88. The predicted octanol–water partition coefficient (Wildman–Crippen LogP) is 5.41. The van der Waals surface area contributed by atoms with Crippen molar-refractivity contribution in [2.75, 3.05) is 0 Å². The van der Waals surface area contributed by atoms with Crippen molar-refractivity contribution in [3.8, 4) is 5.75 Å². The summed E-state index contributed by atoms with van der Waals surface area (Å²) in [5.74, 6) is 0.424. The topological polar surface area (TPSA) is 21.3 Å². The van der Waals surface area contributed by atoms with Crippen molar-refractivity contribution in [2.24, 2.45) is 0 Å². The number of nitrogens with one attached hydrogen (secondary N) is 1. The molecule has 3 aromatic rings. The first-order valence-electron chi connectivity index (χ1n) is 7.59. The van der Waals surface area contributed by atoms with Crippen LogP contribution in [-0.2, 0) is 19.7 Å². The largest absolute Gasteiger partial charge is 0.489 e. The van der Waals surface area contributed by atoms with Gasteiger partial charge in [-0.3, -0.25) is 0 Å². The maximum Gasteiger partial charge on any atom is 0.124 e. The van der Waals surface area contributed by atoms with E-state index in [1.54, 1.807) is 17.4 Å². The van der Waals surface area contributed by atoms with Crippen LogP contribution in [0, 0.1) is 5.82 Å². The first-order valence-corrected chi connectivity index (χ1v) is 8.85. The highest BCUT2D eigenvalue weighted by Crippen LogP contribution is 2.20. The number of ether oxygens (including phenoxy) is 1. The van der Waals surface area contributed by atoms with E-state index >= 15 is 0 Å². The normalized spacial score (nSPS) is 10.8. The number of rotatable bonds is 7. The van der Waals surface area contributed by atoms with Gasteiger partial charge in [0, 0.05) is 23.5 Å². The molecule has 0 saturated carbocycles. The Bertz CT molecular complexity index is 792. The second kappa shape index (κ2) is 8.29.